The first-order valence-corrected chi connectivity index (χ1v) is 20.2. The summed E-state index contributed by atoms with van der Waals surface area (Å²) < 4.78 is 23.0. The number of hydrogen-bond acceptors (Lipinski definition) is 6. The number of unbranched alkanes of at least 4 members (excludes halogenated alkanes) is 18. The molecule has 2 N–H and O–H groups in total. The van der Waals surface area contributed by atoms with E-state index in [0.29, 0.717) is 17.4 Å². The minimum absolute atomic E-state index is 0.00517. The minimum Gasteiger partial charge on any atom is -0.756 e. The van der Waals surface area contributed by atoms with Crippen molar-refractivity contribution < 1.29 is 32.9 Å². The Balaban J connectivity index is 4.51. The van der Waals surface area contributed by atoms with Crippen LogP contribution in [0.15, 0.2) is 24.3 Å². The molecule has 9 heteroatoms. The monoisotopic (exact) mass is 673 g/mol. The standard InChI is InChI=1S/C37H73N2O6P/c1-6-8-10-12-14-15-16-17-18-19-20-21-22-23-25-26-28-30-36(40)35(34-45-46(42,43)44-33-32-39(3,4)5)38-37(41)31-29-27-24-13-11-9-7-2/h22-23,28,30,35-36,40H,6-21,24-27,29,31-34H2,1-5H3,(H-,38,41,42,43)/b23-22+,30-28+. The second-order valence-electron chi connectivity index (χ2n) is 13.9. The number of rotatable bonds is 33. The van der Waals surface area contributed by atoms with E-state index in [1.54, 1.807) is 6.08 Å². The molecule has 0 rings (SSSR count). The molecular weight excluding hydrogens is 599 g/mol. The summed E-state index contributed by atoms with van der Waals surface area (Å²) in [5.41, 5.74) is 0. The van der Waals surface area contributed by atoms with Crippen molar-refractivity contribution in [2.75, 3.05) is 40.9 Å². The fourth-order valence-corrected chi connectivity index (χ4v) is 5.83. The summed E-state index contributed by atoms with van der Waals surface area (Å²) in [7, 11) is 1.24. The fourth-order valence-electron chi connectivity index (χ4n) is 5.11. The quantitative estimate of drug-likeness (QED) is 0.0312. The molecule has 0 spiro atoms. The van der Waals surface area contributed by atoms with Crippen LogP contribution in [0.4, 0.5) is 0 Å². The van der Waals surface area contributed by atoms with Gasteiger partial charge >= 0.3 is 0 Å². The van der Waals surface area contributed by atoms with Gasteiger partial charge in [0, 0.05) is 6.42 Å². The lowest BCUT2D eigenvalue weighted by molar-refractivity contribution is -0.870. The summed E-state index contributed by atoms with van der Waals surface area (Å²) >= 11 is 0. The summed E-state index contributed by atoms with van der Waals surface area (Å²) in [5, 5.41) is 13.6. The second-order valence-corrected chi connectivity index (χ2v) is 15.3. The van der Waals surface area contributed by atoms with Crippen molar-refractivity contribution in [3.05, 3.63) is 24.3 Å². The van der Waals surface area contributed by atoms with E-state index in [9.17, 15) is 19.4 Å². The van der Waals surface area contributed by atoms with Crippen LogP contribution in [0.1, 0.15) is 155 Å². The van der Waals surface area contributed by atoms with E-state index >= 15 is 0 Å². The molecule has 0 heterocycles. The molecule has 8 nitrogen and oxygen atoms in total. The van der Waals surface area contributed by atoms with Crippen LogP contribution in [0, 0.1) is 0 Å². The molecule has 0 saturated carbocycles. The van der Waals surface area contributed by atoms with E-state index in [4.69, 9.17) is 9.05 Å². The van der Waals surface area contributed by atoms with Crippen LogP contribution in [-0.2, 0) is 18.4 Å². The third-order valence-corrected chi connectivity index (χ3v) is 9.13. The Morgan fingerprint density at radius 2 is 1.22 bits per heavy atom. The van der Waals surface area contributed by atoms with Gasteiger partial charge in [-0.3, -0.25) is 9.36 Å². The number of nitrogens with one attached hydrogen (secondary N) is 1. The first-order chi connectivity index (χ1) is 22.0. The molecule has 0 fully saturated rings. The molecule has 0 radical (unpaired) electrons. The predicted molar refractivity (Wildman–Crippen MR) is 192 cm³/mol. The van der Waals surface area contributed by atoms with Crippen LogP contribution in [0.2, 0.25) is 0 Å². The molecule has 0 bridgehead atoms. The Labute approximate surface area is 284 Å². The van der Waals surface area contributed by atoms with Gasteiger partial charge in [0.25, 0.3) is 7.82 Å². The number of likely N-dealkylation sites (N-methyl/N-ethyl adjacent to an activating group) is 1. The van der Waals surface area contributed by atoms with Crippen molar-refractivity contribution >= 4 is 13.7 Å². The Kier molecular flexibility index (Phi) is 29.4. The van der Waals surface area contributed by atoms with E-state index in [-0.39, 0.29) is 12.5 Å². The Morgan fingerprint density at radius 1 is 0.739 bits per heavy atom. The van der Waals surface area contributed by atoms with Gasteiger partial charge in [0.1, 0.15) is 13.2 Å². The van der Waals surface area contributed by atoms with Gasteiger partial charge in [-0.15, -0.1) is 0 Å². The van der Waals surface area contributed by atoms with E-state index in [1.165, 1.54) is 96.3 Å². The molecule has 0 saturated heterocycles. The Morgan fingerprint density at radius 3 is 1.76 bits per heavy atom. The smallest absolute Gasteiger partial charge is 0.268 e. The molecule has 1 amide bonds. The Bertz CT molecular complexity index is 814. The molecule has 3 unspecified atom stereocenters. The molecule has 272 valence electrons. The van der Waals surface area contributed by atoms with Gasteiger partial charge in [0.15, 0.2) is 0 Å². The van der Waals surface area contributed by atoms with Gasteiger partial charge in [-0.25, -0.2) is 0 Å². The Hall–Kier alpha value is -1.02. The van der Waals surface area contributed by atoms with Crippen molar-refractivity contribution in [3.8, 4) is 0 Å². The van der Waals surface area contributed by atoms with Crippen LogP contribution in [0.5, 0.6) is 0 Å². The summed E-state index contributed by atoms with van der Waals surface area (Å²) in [4.78, 5) is 25.0. The highest BCUT2D eigenvalue weighted by Crippen LogP contribution is 2.38. The average Bonchev–Trinajstić information content (AvgIpc) is 2.99. The SMILES string of the molecule is CCCCCCCCCCCCC/C=C/CC/C=C/C(O)C(COP(=O)([O-])OCC[N+](C)(C)C)NC(=O)CCCCCCCCC. The maximum Gasteiger partial charge on any atom is 0.268 e. The first-order valence-electron chi connectivity index (χ1n) is 18.7. The molecular formula is C37H73N2O6P. The molecule has 0 aliphatic heterocycles. The van der Waals surface area contributed by atoms with Gasteiger partial charge in [0.2, 0.25) is 5.91 Å². The highest BCUT2D eigenvalue weighted by atomic mass is 31.2. The van der Waals surface area contributed by atoms with Crippen LogP contribution in [0.3, 0.4) is 0 Å². The number of phosphoric acid groups is 1. The van der Waals surface area contributed by atoms with Crippen LogP contribution < -0.4 is 10.2 Å². The third-order valence-electron chi connectivity index (χ3n) is 8.16. The van der Waals surface area contributed by atoms with E-state index in [1.807, 2.05) is 27.2 Å². The number of phosphoric ester groups is 1. The highest BCUT2D eigenvalue weighted by molar-refractivity contribution is 7.45. The number of allylic oxidation sites excluding steroid dienone is 3. The zero-order valence-corrected chi connectivity index (χ0v) is 31.4. The molecule has 0 aromatic rings. The zero-order chi connectivity index (χ0) is 34.4. The van der Waals surface area contributed by atoms with Gasteiger partial charge in [-0.2, -0.15) is 0 Å². The zero-order valence-electron chi connectivity index (χ0n) is 30.5. The maximum absolute atomic E-state index is 12.6. The predicted octanol–water partition coefficient (Wildman–Crippen LogP) is 8.77. The minimum atomic E-state index is -4.58. The van der Waals surface area contributed by atoms with Crippen molar-refractivity contribution in [2.24, 2.45) is 0 Å². The summed E-state index contributed by atoms with van der Waals surface area (Å²) in [6.07, 6.45) is 32.4. The maximum atomic E-state index is 12.6. The first kappa shape index (κ1) is 45.0. The molecule has 0 aliphatic carbocycles. The number of nitrogens with zero attached hydrogens (tertiary/aromatic N) is 1. The van der Waals surface area contributed by atoms with Crippen molar-refractivity contribution in [2.45, 2.75) is 167 Å². The summed E-state index contributed by atoms with van der Waals surface area (Å²) in [6.45, 7) is 4.55. The fraction of sp³-hybridized carbons (Fsp3) is 0.865. The molecule has 0 aromatic heterocycles. The topological polar surface area (TPSA) is 108 Å². The van der Waals surface area contributed by atoms with Crippen molar-refractivity contribution in [3.63, 3.8) is 0 Å². The summed E-state index contributed by atoms with van der Waals surface area (Å²) in [5.74, 6) is -0.216. The molecule has 0 aromatic carbocycles. The summed E-state index contributed by atoms with van der Waals surface area (Å²) in [6, 6.07) is -0.894. The number of amides is 1. The van der Waals surface area contributed by atoms with Gasteiger partial charge in [0.05, 0.1) is 39.9 Å². The highest BCUT2D eigenvalue weighted by Gasteiger charge is 2.23. The number of carbonyl (C=O) groups excluding carboxylic acids is 1. The molecule has 3 atom stereocenters. The molecule has 0 aliphatic rings. The van der Waals surface area contributed by atoms with Gasteiger partial charge < -0.3 is 28.8 Å². The number of aliphatic hydroxyl groups excluding tert-OH is 1. The van der Waals surface area contributed by atoms with E-state index in [2.05, 4.69) is 31.3 Å². The third kappa shape index (κ3) is 31.6. The van der Waals surface area contributed by atoms with Crippen LogP contribution >= 0.6 is 7.82 Å². The van der Waals surface area contributed by atoms with Crippen molar-refractivity contribution in [1.29, 1.82) is 0 Å². The average molecular weight is 673 g/mol. The van der Waals surface area contributed by atoms with Crippen LogP contribution in [-0.4, -0.2) is 68.5 Å². The van der Waals surface area contributed by atoms with E-state index < -0.39 is 26.6 Å². The molecule has 46 heavy (non-hydrogen) atoms. The normalized spacial score (nSPS) is 15.0. The van der Waals surface area contributed by atoms with Gasteiger partial charge in [-0.1, -0.05) is 141 Å². The largest absolute Gasteiger partial charge is 0.756 e. The second kappa shape index (κ2) is 30.1. The van der Waals surface area contributed by atoms with E-state index in [0.717, 1.165) is 38.5 Å². The number of aliphatic hydroxyl groups is 1. The number of hydrogen-bond donors (Lipinski definition) is 2. The lowest BCUT2D eigenvalue weighted by Gasteiger charge is -2.29. The lowest BCUT2D eigenvalue weighted by atomic mass is 10.1. The number of carbonyl (C=O) groups is 1. The van der Waals surface area contributed by atoms with Gasteiger partial charge in [-0.05, 0) is 32.1 Å². The lowest BCUT2D eigenvalue weighted by Crippen LogP contribution is -2.45. The van der Waals surface area contributed by atoms with Crippen molar-refractivity contribution in [1.82, 2.24) is 5.32 Å². The van der Waals surface area contributed by atoms with Crippen LogP contribution in [0.25, 0.3) is 0 Å². The number of quaternary nitrogens is 1.